The summed E-state index contributed by atoms with van der Waals surface area (Å²) in [7, 11) is -3.94. The first-order chi connectivity index (χ1) is 17.3. The highest BCUT2D eigenvalue weighted by atomic mass is 32.2. The van der Waals surface area contributed by atoms with E-state index in [9.17, 15) is 13.2 Å². The van der Waals surface area contributed by atoms with Gasteiger partial charge in [0, 0.05) is 4.90 Å². The highest BCUT2D eigenvalue weighted by molar-refractivity contribution is 7.98. The van der Waals surface area contributed by atoms with E-state index in [1.54, 1.807) is 48.2 Å². The Balaban J connectivity index is 1.59. The first-order valence-electron chi connectivity index (χ1n) is 12.5. The van der Waals surface area contributed by atoms with Crippen LogP contribution in [0.2, 0.25) is 0 Å². The van der Waals surface area contributed by atoms with Crippen molar-refractivity contribution in [3.63, 3.8) is 0 Å². The predicted octanol–water partition coefficient (Wildman–Crippen LogP) is 6.06. The molecular formula is C29H34N2O3S2. The molecule has 5 nitrogen and oxygen atoms in total. The standard InChI is InChI=1S/C29H34N2O3S2/c1-4-28(24-12-11-22-7-5-6-8-23(22)19-24)30-29(32)20-31(25-13-9-21(2)10-14-25)36(33,34)27-17-15-26(35-3)16-18-27/h9-19,28H,4-8,20H2,1-3H3,(H,30,32)/t28-/m0/s1. The quantitative estimate of drug-likeness (QED) is 0.347. The van der Waals surface area contributed by atoms with E-state index in [0.717, 1.165) is 35.3 Å². The molecule has 36 heavy (non-hydrogen) atoms. The maximum atomic E-state index is 13.7. The van der Waals surface area contributed by atoms with Crippen LogP contribution in [-0.4, -0.2) is 27.1 Å². The molecule has 0 heterocycles. The van der Waals surface area contributed by atoms with Crippen molar-refractivity contribution in [1.29, 1.82) is 0 Å². The van der Waals surface area contributed by atoms with Gasteiger partial charge in [-0.3, -0.25) is 9.10 Å². The van der Waals surface area contributed by atoms with Crippen molar-refractivity contribution in [2.75, 3.05) is 17.1 Å². The number of thioether (sulfide) groups is 1. The molecule has 0 bridgehead atoms. The van der Waals surface area contributed by atoms with Crippen molar-refractivity contribution in [3.05, 3.63) is 89.0 Å². The monoisotopic (exact) mass is 522 g/mol. The van der Waals surface area contributed by atoms with Crippen molar-refractivity contribution >= 4 is 33.4 Å². The molecular weight excluding hydrogens is 488 g/mol. The Labute approximate surface area is 219 Å². The van der Waals surface area contributed by atoms with Gasteiger partial charge in [-0.25, -0.2) is 8.42 Å². The fourth-order valence-electron chi connectivity index (χ4n) is 4.66. The van der Waals surface area contributed by atoms with Crippen LogP contribution in [0.3, 0.4) is 0 Å². The lowest BCUT2D eigenvalue weighted by Crippen LogP contribution is -2.42. The second-order valence-electron chi connectivity index (χ2n) is 9.29. The second kappa shape index (κ2) is 11.5. The van der Waals surface area contributed by atoms with Crippen LogP contribution >= 0.6 is 11.8 Å². The minimum Gasteiger partial charge on any atom is -0.348 e. The Kier molecular flexibility index (Phi) is 8.42. The Morgan fingerprint density at radius 2 is 1.64 bits per heavy atom. The third kappa shape index (κ3) is 5.95. The molecule has 7 heteroatoms. The minimum absolute atomic E-state index is 0.162. The van der Waals surface area contributed by atoms with Crippen molar-refractivity contribution in [2.45, 2.75) is 61.8 Å². The molecule has 4 rings (SSSR count). The zero-order valence-electron chi connectivity index (χ0n) is 21.2. The number of fused-ring (bicyclic) bond motifs is 1. The lowest BCUT2D eigenvalue weighted by Gasteiger charge is -2.26. The zero-order chi connectivity index (χ0) is 25.7. The Morgan fingerprint density at radius 3 is 2.28 bits per heavy atom. The van der Waals surface area contributed by atoms with Crippen molar-refractivity contribution in [3.8, 4) is 0 Å². The largest absolute Gasteiger partial charge is 0.348 e. The number of carbonyl (C=O) groups is 1. The third-order valence-corrected chi connectivity index (χ3v) is 9.31. The van der Waals surface area contributed by atoms with Crippen LogP contribution in [0.5, 0.6) is 0 Å². The van der Waals surface area contributed by atoms with E-state index in [4.69, 9.17) is 0 Å². The number of aryl methyl sites for hydroxylation is 3. The number of carbonyl (C=O) groups excluding carboxylic acids is 1. The molecule has 3 aromatic rings. The van der Waals surface area contributed by atoms with Gasteiger partial charge in [0.1, 0.15) is 6.54 Å². The maximum absolute atomic E-state index is 13.7. The molecule has 1 atom stereocenters. The number of nitrogens with zero attached hydrogens (tertiary/aromatic N) is 1. The van der Waals surface area contributed by atoms with E-state index in [2.05, 4.69) is 23.5 Å². The summed E-state index contributed by atoms with van der Waals surface area (Å²) in [6, 6.07) is 20.3. The fourth-order valence-corrected chi connectivity index (χ4v) is 6.49. The molecule has 0 saturated carbocycles. The van der Waals surface area contributed by atoms with E-state index < -0.39 is 10.0 Å². The van der Waals surface area contributed by atoms with Gasteiger partial charge in [-0.1, -0.05) is 42.8 Å². The number of hydrogen-bond donors (Lipinski definition) is 1. The minimum atomic E-state index is -3.94. The fraction of sp³-hybridized carbons (Fsp3) is 0.345. The van der Waals surface area contributed by atoms with Gasteiger partial charge < -0.3 is 5.32 Å². The first-order valence-corrected chi connectivity index (χ1v) is 15.1. The van der Waals surface area contributed by atoms with Crippen molar-refractivity contribution in [2.24, 2.45) is 0 Å². The summed E-state index contributed by atoms with van der Waals surface area (Å²) in [5.74, 6) is -0.329. The SMILES string of the molecule is CC[C@H](NC(=O)CN(c1ccc(C)cc1)S(=O)(=O)c1ccc(SC)cc1)c1ccc2c(c1)CCCC2. The van der Waals surface area contributed by atoms with Crippen molar-refractivity contribution in [1.82, 2.24) is 5.32 Å². The summed E-state index contributed by atoms with van der Waals surface area (Å²) in [4.78, 5) is 14.4. The molecule has 0 aliphatic heterocycles. The number of sulfonamides is 1. The summed E-state index contributed by atoms with van der Waals surface area (Å²) in [5.41, 5.74) is 5.32. The van der Waals surface area contributed by atoms with Gasteiger partial charge in [-0.05, 0) is 98.4 Å². The molecule has 0 fully saturated rings. The molecule has 1 N–H and O–H groups in total. The van der Waals surface area contributed by atoms with E-state index in [1.807, 2.05) is 32.2 Å². The molecule has 0 radical (unpaired) electrons. The highest BCUT2D eigenvalue weighted by Gasteiger charge is 2.28. The zero-order valence-corrected chi connectivity index (χ0v) is 22.8. The smallest absolute Gasteiger partial charge is 0.264 e. The summed E-state index contributed by atoms with van der Waals surface area (Å²) in [6.07, 6.45) is 7.27. The summed E-state index contributed by atoms with van der Waals surface area (Å²) in [6.45, 7) is 3.68. The van der Waals surface area contributed by atoms with Crippen LogP contribution in [0.25, 0.3) is 0 Å². The highest BCUT2D eigenvalue weighted by Crippen LogP contribution is 2.28. The second-order valence-corrected chi connectivity index (χ2v) is 12.0. The van der Waals surface area contributed by atoms with Crippen LogP contribution in [0.4, 0.5) is 5.69 Å². The molecule has 1 aliphatic rings. The van der Waals surface area contributed by atoms with Crippen LogP contribution in [0.15, 0.2) is 76.5 Å². The third-order valence-electron chi connectivity index (χ3n) is 6.77. The molecule has 0 saturated heterocycles. The average molecular weight is 523 g/mol. The number of rotatable bonds is 9. The van der Waals surface area contributed by atoms with E-state index >= 15 is 0 Å². The first kappa shape index (κ1) is 26.3. The Bertz CT molecular complexity index is 1300. The van der Waals surface area contributed by atoms with E-state index in [1.165, 1.54) is 28.3 Å². The summed E-state index contributed by atoms with van der Waals surface area (Å²) >= 11 is 1.55. The van der Waals surface area contributed by atoms with E-state index in [-0.39, 0.29) is 23.4 Å². The number of amides is 1. The van der Waals surface area contributed by atoms with Crippen LogP contribution in [-0.2, 0) is 27.7 Å². The van der Waals surface area contributed by atoms with Crippen LogP contribution in [0.1, 0.15) is 54.5 Å². The number of benzene rings is 3. The topological polar surface area (TPSA) is 66.5 Å². The van der Waals surface area contributed by atoms with Crippen LogP contribution < -0.4 is 9.62 Å². The van der Waals surface area contributed by atoms with Gasteiger partial charge in [0.05, 0.1) is 16.6 Å². The lowest BCUT2D eigenvalue weighted by molar-refractivity contribution is -0.120. The van der Waals surface area contributed by atoms with Gasteiger partial charge in [0.2, 0.25) is 5.91 Å². The van der Waals surface area contributed by atoms with Gasteiger partial charge in [0.15, 0.2) is 0 Å². The molecule has 1 amide bonds. The predicted molar refractivity (Wildman–Crippen MR) is 148 cm³/mol. The number of hydrogen-bond acceptors (Lipinski definition) is 4. The lowest BCUT2D eigenvalue weighted by atomic mass is 9.89. The molecule has 3 aromatic carbocycles. The molecule has 0 aromatic heterocycles. The van der Waals surface area contributed by atoms with Gasteiger partial charge in [0.25, 0.3) is 10.0 Å². The van der Waals surface area contributed by atoms with Gasteiger partial charge in [-0.15, -0.1) is 11.8 Å². The van der Waals surface area contributed by atoms with Gasteiger partial charge >= 0.3 is 0 Å². The number of nitrogens with one attached hydrogen (secondary N) is 1. The molecule has 0 unspecified atom stereocenters. The molecule has 1 aliphatic carbocycles. The summed E-state index contributed by atoms with van der Waals surface area (Å²) in [5, 5.41) is 3.09. The van der Waals surface area contributed by atoms with Gasteiger partial charge in [-0.2, -0.15) is 0 Å². The average Bonchev–Trinajstić information content (AvgIpc) is 2.90. The Hall–Kier alpha value is -2.77. The van der Waals surface area contributed by atoms with Crippen molar-refractivity contribution < 1.29 is 13.2 Å². The Morgan fingerprint density at radius 1 is 0.972 bits per heavy atom. The van der Waals surface area contributed by atoms with Crippen LogP contribution in [0, 0.1) is 6.92 Å². The maximum Gasteiger partial charge on any atom is 0.264 e. The van der Waals surface area contributed by atoms with E-state index in [0.29, 0.717) is 5.69 Å². The molecule has 190 valence electrons. The normalized spacial score (nSPS) is 14.1. The summed E-state index contributed by atoms with van der Waals surface area (Å²) < 4.78 is 28.6. The molecule has 0 spiro atoms. The number of anilines is 1.